The van der Waals surface area contributed by atoms with Crippen molar-refractivity contribution in [1.82, 2.24) is 4.98 Å². The Morgan fingerprint density at radius 2 is 2.12 bits per heavy atom. The van der Waals surface area contributed by atoms with Crippen molar-refractivity contribution in [3.8, 4) is 0 Å². The van der Waals surface area contributed by atoms with Crippen LogP contribution < -0.4 is 10.2 Å². The van der Waals surface area contributed by atoms with Crippen LogP contribution in [0.5, 0.6) is 0 Å². The van der Waals surface area contributed by atoms with E-state index in [9.17, 15) is 10.1 Å². The molecule has 0 unspecified atom stereocenters. The molecule has 24 heavy (non-hydrogen) atoms. The van der Waals surface area contributed by atoms with Crippen molar-refractivity contribution < 1.29 is 4.92 Å². The van der Waals surface area contributed by atoms with Gasteiger partial charge in [0.1, 0.15) is 4.99 Å². The number of benzene rings is 1. The number of hydrogen-bond acceptors (Lipinski definition) is 6. The molecule has 128 valence electrons. The van der Waals surface area contributed by atoms with Gasteiger partial charge < -0.3 is 10.2 Å². The lowest BCUT2D eigenvalue weighted by molar-refractivity contribution is -0.384. The van der Waals surface area contributed by atoms with Gasteiger partial charge in [0.25, 0.3) is 5.69 Å². The lowest BCUT2D eigenvalue weighted by Crippen LogP contribution is -2.21. The summed E-state index contributed by atoms with van der Waals surface area (Å²) in [5.41, 5.74) is 1.18. The molecule has 0 atom stereocenters. The largest absolute Gasteiger partial charge is 0.349 e. The first-order valence-corrected chi connectivity index (χ1v) is 8.95. The summed E-state index contributed by atoms with van der Waals surface area (Å²) in [6.07, 6.45) is 0. The minimum atomic E-state index is -0.471. The zero-order chi connectivity index (χ0) is 17.9. The molecular formula is C15H17ClN4O2S2. The molecule has 0 bridgehead atoms. The third kappa shape index (κ3) is 4.00. The molecule has 0 aliphatic rings. The second-order valence-electron chi connectivity index (χ2n) is 4.96. The zero-order valence-corrected chi connectivity index (χ0v) is 15.9. The highest BCUT2D eigenvalue weighted by atomic mass is 35.5. The number of aryl methyl sites for hydroxylation is 1. The first-order chi connectivity index (χ1) is 11.4. The number of thiocarbonyl (C=S) groups is 1. The van der Waals surface area contributed by atoms with Gasteiger partial charge in [-0.3, -0.25) is 10.1 Å². The summed E-state index contributed by atoms with van der Waals surface area (Å²) < 4.78 is 0. The summed E-state index contributed by atoms with van der Waals surface area (Å²) >= 11 is 13.0. The third-order valence-electron chi connectivity index (χ3n) is 3.43. The molecule has 1 N–H and O–H groups in total. The highest BCUT2D eigenvalue weighted by Gasteiger charge is 2.17. The fraction of sp³-hybridized carbons (Fsp3) is 0.333. The molecule has 2 rings (SSSR count). The Labute approximate surface area is 154 Å². The molecule has 1 aromatic heterocycles. The number of nitrogens with one attached hydrogen (secondary N) is 1. The monoisotopic (exact) mass is 384 g/mol. The van der Waals surface area contributed by atoms with Crippen LogP contribution in [0.2, 0.25) is 5.02 Å². The predicted octanol–water partition coefficient (Wildman–Crippen LogP) is 4.65. The lowest BCUT2D eigenvalue weighted by atomic mass is 10.2. The van der Waals surface area contributed by atoms with Gasteiger partial charge in [-0.05, 0) is 26.8 Å². The van der Waals surface area contributed by atoms with Crippen molar-refractivity contribution >= 4 is 56.7 Å². The number of nitro groups is 1. The molecule has 1 aromatic carbocycles. The first kappa shape index (κ1) is 18.6. The summed E-state index contributed by atoms with van der Waals surface area (Å²) in [5.74, 6) is 0. The molecule has 0 radical (unpaired) electrons. The number of anilines is 2. The normalized spacial score (nSPS) is 10.5. The molecule has 9 heteroatoms. The van der Waals surface area contributed by atoms with Crippen molar-refractivity contribution in [2.24, 2.45) is 0 Å². The van der Waals surface area contributed by atoms with Crippen molar-refractivity contribution in [2.75, 3.05) is 23.3 Å². The summed E-state index contributed by atoms with van der Waals surface area (Å²) in [7, 11) is 0. The summed E-state index contributed by atoms with van der Waals surface area (Å²) in [6, 6.07) is 4.20. The van der Waals surface area contributed by atoms with Crippen molar-refractivity contribution in [3.05, 3.63) is 43.9 Å². The van der Waals surface area contributed by atoms with Gasteiger partial charge in [-0.2, -0.15) is 0 Å². The van der Waals surface area contributed by atoms with E-state index in [1.807, 2.05) is 6.92 Å². The molecule has 0 aliphatic carbocycles. The van der Waals surface area contributed by atoms with Crippen LogP contribution in [0.1, 0.15) is 24.4 Å². The maximum atomic E-state index is 10.9. The van der Waals surface area contributed by atoms with Crippen molar-refractivity contribution in [1.29, 1.82) is 0 Å². The van der Waals surface area contributed by atoms with Gasteiger partial charge in [0.2, 0.25) is 0 Å². The van der Waals surface area contributed by atoms with E-state index >= 15 is 0 Å². The number of nitro benzene ring substituents is 1. The molecule has 2 aromatic rings. The standard InChI is InChI=1S/C15H17ClN4O2S2/c1-4-19(5-2)15-17-9(3)13(24-15)14(23)18-12-8-10(20(21)22)6-7-11(12)16/h6-8H,4-5H2,1-3H3,(H,18,23). The van der Waals surface area contributed by atoms with Gasteiger partial charge in [-0.25, -0.2) is 4.98 Å². The zero-order valence-electron chi connectivity index (χ0n) is 13.5. The van der Waals surface area contributed by atoms with Gasteiger partial charge in [0.05, 0.1) is 26.2 Å². The predicted molar refractivity (Wildman–Crippen MR) is 104 cm³/mol. The van der Waals surface area contributed by atoms with Gasteiger partial charge in [-0.15, -0.1) is 0 Å². The Bertz CT molecular complexity index is 775. The lowest BCUT2D eigenvalue weighted by Gasteiger charge is -2.16. The summed E-state index contributed by atoms with van der Waals surface area (Å²) in [4.78, 5) is 18.4. The number of nitrogens with zero attached hydrogens (tertiary/aromatic N) is 3. The van der Waals surface area contributed by atoms with Crippen LogP contribution in [-0.2, 0) is 0 Å². The Morgan fingerprint density at radius 1 is 1.46 bits per heavy atom. The minimum Gasteiger partial charge on any atom is -0.349 e. The Morgan fingerprint density at radius 3 is 2.71 bits per heavy atom. The van der Waals surface area contributed by atoms with Crippen LogP contribution in [0.3, 0.4) is 0 Å². The number of halogens is 1. The molecule has 0 amide bonds. The summed E-state index contributed by atoms with van der Waals surface area (Å²) in [5, 5.41) is 15.2. The number of thiazole rings is 1. The molecule has 1 heterocycles. The van der Waals surface area contributed by atoms with E-state index in [2.05, 4.69) is 29.0 Å². The second kappa shape index (κ2) is 7.87. The van der Waals surface area contributed by atoms with Crippen LogP contribution in [0.25, 0.3) is 0 Å². The van der Waals surface area contributed by atoms with E-state index in [4.69, 9.17) is 23.8 Å². The average molecular weight is 385 g/mol. The third-order valence-corrected chi connectivity index (χ3v) is 5.44. The van der Waals surface area contributed by atoms with Crippen molar-refractivity contribution in [2.45, 2.75) is 20.8 Å². The molecule has 0 fully saturated rings. The Kier molecular flexibility index (Phi) is 6.09. The maximum absolute atomic E-state index is 10.9. The van der Waals surface area contributed by atoms with Crippen LogP contribution in [0, 0.1) is 17.0 Å². The highest BCUT2D eigenvalue weighted by molar-refractivity contribution is 7.81. The van der Waals surface area contributed by atoms with E-state index in [0.29, 0.717) is 15.7 Å². The van der Waals surface area contributed by atoms with Crippen LogP contribution in [-0.4, -0.2) is 28.0 Å². The van der Waals surface area contributed by atoms with E-state index in [0.717, 1.165) is 28.8 Å². The number of hydrogen-bond donors (Lipinski definition) is 1. The molecule has 0 spiro atoms. The van der Waals surface area contributed by atoms with Gasteiger partial charge in [-0.1, -0.05) is 35.2 Å². The first-order valence-electron chi connectivity index (χ1n) is 7.35. The number of non-ortho nitro benzene ring substituents is 1. The summed E-state index contributed by atoms with van der Waals surface area (Å²) in [6.45, 7) is 7.75. The molecular weight excluding hydrogens is 368 g/mol. The molecule has 0 saturated carbocycles. The van der Waals surface area contributed by atoms with Crippen LogP contribution in [0.15, 0.2) is 18.2 Å². The topological polar surface area (TPSA) is 71.3 Å². The van der Waals surface area contributed by atoms with Gasteiger partial charge in [0, 0.05) is 25.2 Å². The number of aromatic nitrogens is 1. The quantitative estimate of drug-likeness (QED) is 0.444. The fourth-order valence-corrected chi connectivity index (χ4v) is 3.76. The average Bonchev–Trinajstić information content (AvgIpc) is 2.92. The van der Waals surface area contributed by atoms with E-state index in [-0.39, 0.29) is 5.69 Å². The van der Waals surface area contributed by atoms with Gasteiger partial charge in [0.15, 0.2) is 5.13 Å². The number of rotatable bonds is 6. The molecule has 0 saturated heterocycles. The molecule has 6 nitrogen and oxygen atoms in total. The fourth-order valence-electron chi connectivity index (χ4n) is 2.12. The Balaban J connectivity index is 2.27. The van der Waals surface area contributed by atoms with E-state index in [1.165, 1.54) is 29.5 Å². The Hall–Kier alpha value is -1.77. The van der Waals surface area contributed by atoms with Crippen LogP contribution in [0.4, 0.5) is 16.5 Å². The highest BCUT2D eigenvalue weighted by Crippen LogP contribution is 2.30. The SMILES string of the molecule is CCN(CC)c1nc(C)c(C(=S)Nc2cc([N+](=O)[O-])ccc2Cl)s1. The second-order valence-corrected chi connectivity index (χ2v) is 6.75. The molecule has 0 aliphatic heterocycles. The minimum absolute atomic E-state index is 0.0467. The maximum Gasteiger partial charge on any atom is 0.271 e. The van der Waals surface area contributed by atoms with E-state index in [1.54, 1.807) is 0 Å². The van der Waals surface area contributed by atoms with Crippen molar-refractivity contribution in [3.63, 3.8) is 0 Å². The van der Waals surface area contributed by atoms with Crippen LogP contribution >= 0.6 is 35.2 Å². The van der Waals surface area contributed by atoms with Gasteiger partial charge >= 0.3 is 0 Å². The smallest absolute Gasteiger partial charge is 0.271 e. The van der Waals surface area contributed by atoms with E-state index < -0.39 is 4.92 Å².